The summed E-state index contributed by atoms with van der Waals surface area (Å²) in [7, 11) is 1.38. The molecule has 4 rings (SSSR count). The number of nitrogens with zero attached hydrogens (tertiary/aromatic N) is 5. The molecule has 0 spiro atoms. The fourth-order valence-corrected chi connectivity index (χ4v) is 3.88. The van der Waals surface area contributed by atoms with E-state index in [1.165, 1.54) is 19.2 Å². The predicted molar refractivity (Wildman–Crippen MR) is 139 cm³/mol. The fraction of sp³-hybridized carbons (Fsp3) is 0.346. The van der Waals surface area contributed by atoms with Crippen LogP contribution >= 0.6 is 0 Å². The molecule has 0 saturated carbocycles. The number of methoxy groups -OCH3 is 1. The van der Waals surface area contributed by atoms with Gasteiger partial charge in [-0.15, -0.1) is 0 Å². The summed E-state index contributed by atoms with van der Waals surface area (Å²) >= 11 is 0. The molecule has 2 heterocycles. The van der Waals surface area contributed by atoms with Gasteiger partial charge in [0.1, 0.15) is 23.6 Å². The van der Waals surface area contributed by atoms with Crippen LogP contribution in [-0.2, 0) is 4.79 Å². The molecular weight excluding hydrogens is 517 g/mol. The van der Waals surface area contributed by atoms with Crippen LogP contribution < -0.4 is 19.5 Å². The van der Waals surface area contributed by atoms with Gasteiger partial charge in [0.2, 0.25) is 17.8 Å². The van der Waals surface area contributed by atoms with Crippen LogP contribution in [0.15, 0.2) is 36.4 Å². The summed E-state index contributed by atoms with van der Waals surface area (Å²) in [4.78, 5) is 31.0. The number of carbonyl (C=O) groups is 1. The summed E-state index contributed by atoms with van der Waals surface area (Å²) in [6.07, 6.45) is -5.21. The Hall–Kier alpha value is -4.26. The van der Waals surface area contributed by atoms with Crippen molar-refractivity contribution in [3.63, 3.8) is 0 Å². The first-order valence-electron chi connectivity index (χ1n) is 12.2. The molecule has 10 nitrogen and oxygen atoms in total. The highest BCUT2D eigenvalue weighted by Crippen LogP contribution is 2.33. The quantitative estimate of drug-likeness (QED) is 0.279. The van der Waals surface area contributed by atoms with E-state index >= 15 is 0 Å². The van der Waals surface area contributed by atoms with Crippen molar-refractivity contribution in [2.24, 2.45) is 0 Å². The number of nitrogens with one attached hydrogen (secondary N) is 1. The van der Waals surface area contributed by atoms with Gasteiger partial charge >= 0.3 is 12.1 Å². The molecule has 2 aromatic carbocycles. The Morgan fingerprint density at radius 3 is 2.44 bits per heavy atom. The maximum absolute atomic E-state index is 12.9. The van der Waals surface area contributed by atoms with Crippen molar-refractivity contribution in [3.05, 3.63) is 42.1 Å². The van der Waals surface area contributed by atoms with E-state index in [9.17, 15) is 18.0 Å². The molecule has 13 heteroatoms. The zero-order chi connectivity index (χ0) is 28.2. The van der Waals surface area contributed by atoms with Crippen molar-refractivity contribution < 1.29 is 32.2 Å². The van der Waals surface area contributed by atoms with Gasteiger partial charge in [-0.3, -0.25) is 5.32 Å². The standard InChI is InChI=1S/C26H27F3N6O4/c1-5-35(6-2)12-13-38-16-10-11-19-18(14-16)15(3)30-24(31-19)34-25-32-21-17(8-7-9-20(21)37-4)22(33-25)39-23(36)26(27,28)29/h7-11,14H,5-6,12-13H2,1-4H3,(H,30,31,32,33,34). The summed E-state index contributed by atoms with van der Waals surface area (Å²) in [6.45, 7) is 9.22. The molecule has 4 aromatic rings. The number of carbonyl (C=O) groups excluding carboxylic acids is 1. The van der Waals surface area contributed by atoms with Gasteiger partial charge in [0.05, 0.1) is 23.7 Å². The van der Waals surface area contributed by atoms with Crippen molar-refractivity contribution in [1.29, 1.82) is 0 Å². The maximum Gasteiger partial charge on any atom is 0.491 e. The lowest BCUT2D eigenvalue weighted by Crippen LogP contribution is -2.28. The molecule has 0 fully saturated rings. The van der Waals surface area contributed by atoms with Gasteiger partial charge in [0, 0.05) is 11.9 Å². The molecule has 0 aliphatic heterocycles. The van der Waals surface area contributed by atoms with Crippen molar-refractivity contribution in [2.75, 3.05) is 38.7 Å². The molecule has 1 N–H and O–H groups in total. The number of hydrogen-bond acceptors (Lipinski definition) is 10. The van der Waals surface area contributed by atoms with Crippen LogP contribution in [-0.4, -0.2) is 70.3 Å². The Bertz CT molecular complexity index is 1490. The number of rotatable bonds is 10. The number of benzene rings is 2. The molecule has 0 saturated heterocycles. The highest BCUT2D eigenvalue weighted by atomic mass is 19.4. The molecule has 206 valence electrons. The van der Waals surface area contributed by atoms with Crippen LogP contribution in [0.4, 0.5) is 25.1 Å². The van der Waals surface area contributed by atoms with Crippen molar-refractivity contribution >= 4 is 39.7 Å². The number of alkyl halides is 3. The first kappa shape index (κ1) is 27.8. The number of hydrogen-bond donors (Lipinski definition) is 1. The normalized spacial score (nSPS) is 11.7. The maximum atomic E-state index is 12.9. The van der Waals surface area contributed by atoms with Crippen LogP contribution in [0, 0.1) is 6.92 Å². The minimum absolute atomic E-state index is 0.0571. The Morgan fingerprint density at radius 2 is 1.74 bits per heavy atom. The van der Waals surface area contributed by atoms with Gasteiger partial charge in [0.15, 0.2) is 0 Å². The van der Waals surface area contributed by atoms with E-state index in [0.717, 1.165) is 25.0 Å². The average molecular weight is 545 g/mol. The highest BCUT2D eigenvalue weighted by molar-refractivity contribution is 5.92. The van der Waals surface area contributed by atoms with Gasteiger partial charge in [-0.05, 0) is 50.3 Å². The number of likely N-dealkylation sites (N-methyl/N-ethyl adjacent to an activating group) is 1. The van der Waals surface area contributed by atoms with E-state index in [1.807, 2.05) is 6.07 Å². The lowest BCUT2D eigenvalue weighted by atomic mass is 10.2. The van der Waals surface area contributed by atoms with Crippen LogP contribution in [0.25, 0.3) is 21.8 Å². The smallest absolute Gasteiger partial charge is 0.491 e. The third kappa shape index (κ3) is 6.42. The molecule has 0 radical (unpaired) electrons. The summed E-state index contributed by atoms with van der Waals surface area (Å²) in [6, 6.07) is 9.92. The minimum Gasteiger partial charge on any atom is -0.494 e. The molecule has 2 aromatic heterocycles. The Labute approximate surface area is 222 Å². The van der Waals surface area contributed by atoms with Crippen LogP contribution in [0.2, 0.25) is 0 Å². The predicted octanol–water partition coefficient (Wildman–Crippen LogP) is 4.82. The number of esters is 1. The highest BCUT2D eigenvalue weighted by Gasteiger charge is 2.42. The molecule has 39 heavy (non-hydrogen) atoms. The monoisotopic (exact) mass is 544 g/mol. The molecule has 0 amide bonds. The van der Waals surface area contributed by atoms with Crippen LogP contribution in [0.3, 0.4) is 0 Å². The van der Waals surface area contributed by atoms with E-state index < -0.39 is 18.0 Å². The number of aromatic nitrogens is 4. The Kier molecular flexibility index (Phi) is 8.29. The number of para-hydroxylation sites is 1. The number of halogens is 3. The van der Waals surface area contributed by atoms with Crippen LogP contribution in [0.5, 0.6) is 17.4 Å². The molecule has 0 aliphatic carbocycles. The van der Waals surface area contributed by atoms with Gasteiger partial charge in [-0.2, -0.15) is 18.2 Å². The van der Waals surface area contributed by atoms with Crippen molar-refractivity contribution in [1.82, 2.24) is 24.8 Å². The topological polar surface area (TPSA) is 112 Å². The van der Waals surface area contributed by atoms with Gasteiger partial charge in [-0.1, -0.05) is 19.9 Å². The Morgan fingerprint density at radius 1 is 1.00 bits per heavy atom. The zero-order valence-electron chi connectivity index (χ0n) is 21.8. The van der Waals surface area contributed by atoms with E-state index in [-0.39, 0.29) is 28.5 Å². The second-order valence-corrected chi connectivity index (χ2v) is 8.41. The van der Waals surface area contributed by atoms with E-state index in [0.29, 0.717) is 23.6 Å². The number of fused-ring (bicyclic) bond motifs is 2. The van der Waals surface area contributed by atoms with Crippen molar-refractivity contribution in [2.45, 2.75) is 26.9 Å². The first-order chi connectivity index (χ1) is 18.6. The minimum atomic E-state index is -5.21. The van der Waals surface area contributed by atoms with Crippen LogP contribution in [0.1, 0.15) is 19.5 Å². The summed E-state index contributed by atoms with van der Waals surface area (Å²) in [5.74, 6) is -2.17. The number of aryl methyl sites for hydroxylation is 1. The van der Waals surface area contributed by atoms with Gasteiger partial charge < -0.3 is 19.1 Å². The average Bonchev–Trinajstić information content (AvgIpc) is 2.90. The molecule has 0 unspecified atom stereocenters. The second-order valence-electron chi connectivity index (χ2n) is 8.41. The molecule has 0 atom stereocenters. The zero-order valence-corrected chi connectivity index (χ0v) is 21.8. The van der Waals surface area contributed by atoms with E-state index in [4.69, 9.17) is 9.47 Å². The summed E-state index contributed by atoms with van der Waals surface area (Å²) in [5, 5.41) is 3.62. The third-order valence-corrected chi connectivity index (χ3v) is 5.95. The fourth-order valence-electron chi connectivity index (χ4n) is 3.88. The lowest BCUT2D eigenvalue weighted by Gasteiger charge is -2.18. The summed E-state index contributed by atoms with van der Waals surface area (Å²) < 4.78 is 54.4. The lowest BCUT2D eigenvalue weighted by molar-refractivity contribution is -0.189. The molecule has 0 aliphatic rings. The van der Waals surface area contributed by atoms with Gasteiger partial charge in [-0.25, -0.2) is 19.7 Å². The largest absolute Gasteiger partial charge is 0.494 e. The van der Waals surface area contributed by atoms with Gasteiger partial charge in [0.25, 0.3) is 0 Å². The van der Waals surface area contributed by atoms with E-state index in [1.54, 1.807) is 25.1 Å². The number of ether oxygens (including phenoxy) is 3. The molecular formula is C26H27F3N6O4. The first-order valence-corrected chi connectivity index (χ1v) is 12.2. The molecule has 0 bridgehead atoms. The summed E-state index contributed by atoms with van der Waals surface area (Å²) in [5.41, 5.74) is 1.36. The second kappa shape index (κ2) is 11.6. The third-order valence-electron chi connectivity index (χ3n) is 5.95. The van der Waals surface area contributed by atoms with E-state index in [2.05, 4.69) is 48.7 Å². The van der Waals surface area contributed by atoms with Crippen molar-refractivity contribution in [3.8, 4) is 17.4 Å². The Balaban J connectivity index is 1.63. The SMILES string of the molecule is CCN(CC)CCOc1ccc2nc(Nc3nc(OC(=O)C(F)(F)F)c4cccc(OC)c4n3)nc(C)c2c1. The number of anilines is 2.